The number of piperidine rings is 2. The quantitative estimate of drug-likeness (QED) is 0.408. The van der Waals surface area contributed by atoms with Crippen molar-refractivity contribution < 1.29 is 33.8 Å². The Morgan fingerprint density at radius 3 is 2.34 bits per heavy atom. The summed E-state index contributed by atoms with van der Waals surface area (Å²) >= 11 is 0. The summed E-state index contributed by atoms with van der Waals surface area (Å²) < 4.78 is 10.6. The number of nitrogens with zero attached hydrogens (tertiary/aromatic N) is 2. The van der Waals surface area contributed by atoms with E-state index in [0.29, 0.717) is 51.9 Å². The van der Waals surface area contributed by atoms with E-state index in [1.54, 1.807) is 23.0 Å². The molecule has 0 aromatic heterocycles. The highest BCUT2D eigenvalue weighted by atomic mass is 16.6. The molecule has 2 saturated heterocycles. The van der Waals surface area contributed by atoms with Gasteiger partial charge in [-0.15, -0.1) is 0 Å². The lowest BCUT2D eigenvalue weighted by molar-refractivity contribution is -0.142. The summed E-state index contributed by atoms with van der Waals surface area (Å²) in [7, 11) is 1.59. The van der Waals surface area contributed by atoms with E-state index in [4.69, 9.17) is 9.47 Å². The van der Waals surface area contributed by atoms with Crippen LogP contribution in [-0.2, 0) is 25.5 Å². The van der Waals surface area contributed by atoms with Crippen LogP contribution < -0.4 is 10.1 Å². The smallest absolute Gasteiger partial charge is 0.410 e. The minimum Gasteiger partial charge on any atom is -0.497 e. The molecule has 3 amide bonds. The number of hydrogen-bond donors (Lipinski definition) is 2. The Kier molecular flexibility index (Phi) is 11.6. The van der Waals surface area contributed by atoms with Gasteiger partial charge in [0.05, 0.1) is 18.9 Å². The van der Waals surface area contributed by atoms with Gasteiger partial charge in [0.1, 0.15) is 11.4 Å². The highest BCUT2D eigenvalue weighted by molar-refractivity contribution is 5.88. The largest absolute Gasteiger partial charge is 0.497 e. The predicted molar refractivity (Wildman–Crippen MR) is 154 cm³/mol. The van der Waals surface area contributed by atoms with Crippen molar-refractivity contribution in [1.29, 1.82) is 0 Å². The Bertz CT molecular complexity index is 1070. The second kappa shape index (κ2) is 14.9. The summed E-state index contributed by atoms with van der Waals surface area (Å²) in [6, 6.07) is 7.50. The highest BCUT2D eigenvalue weighted by Gasteiger charge is 2.30. The number of nitrogens with one attached hydrogen (secondary N) is 1. The van der Waals surface area contributed by atoms with Crippen LogP contribution in [0.4, 0.5) is 4.79 Å². The van der Waals surface area contributed by atoms with E-state index in [2.05, 4.69) is 5.32 Å². The van der Waals surface area contributed by atoms with Gasteiger partial charge in [-0.2, -0.15) is 0 Å². The van der Waals surface area contributed by atoms with Gasteiger partial charge < -0.3 is 29.7 Å². The maximum absolute atomic E-state index is 12.9. The number of carboxylic acid groups (broad SMARTS) is 1. The number of methoxy groups -OCH3 is 1. The number of benzene rings is 1. The molecule has 0 aliphatic carbocycles. The van der Waals surface area contributed by atoms with Crippen LogP contribution in [0.3, 0.4) is 0 Å². The Balaban J connectivity index is 1.42. The molecular weight excluding hydrogens is 526 g/mol. The molecule has 10 heteroatoms. The molecule has 2 N–H and O–H groups in total. The molecule has 10 nitrogen and oxygen atoms in total. The van der Waals surface area contributed by atoms with Crippen molar-refractivity contribution in [2.75, 3.05) is 39.8 Å². The van der Waals surface area contributed by atoms with Gasteiger partial charge in [-0.1, -0.05) is 18.2 Å². The molecule has 1 aromatic carbocycles. The van der Waals surface area contributed by atoms with Crippen LogP contribution in [-0.4, -0.2) is 84.2 Å². The predicted octanol–water partition coefficient (Wildman–Crippen LogP) is 3.89. The number of allylic oxidation sites excluding steroid dienone is 1. The Morgan fingerprint density at radius 1 is 1.05 bits per heavy atom. The molecule has 2 atom stereocenters. The molecule has 0 spiro atoms. The van der Waals surface area contributed by atoms with Crippen LogP contribution in [0.15, 0.2) is 36.4 Å². The van der Waals surface area contributed by atoms with Gasteiger partial charge in [0, 0.05) is 32.7 Å². The van der Waals surface area contributed by atoms with Gasteiger partial charge in [-0.05, 0) is 89.0 Å². The van der Waals surface area contributed by atoms with E-state index in [1.165, 1.54) is 0 Å². The first kappa shape index (κ1) is 32.0. The van der Waals surface area contributed by atoms with Crippen LogP contribution in [0.1, 0.15) is 58.4 Å². The third-order valence-corrected chi connectivity index (χ3v) is 7.62. The van der Waals surface area contributed by atoms with Crippen LogP contribution in [0, 0.1) is 17.8 Å². The van der Waals surface area contributed by atoms with Crippen molar-refractivity contribution >= 4 is 23.9 Å². The zero-order chi connectivity index (χ0) is 30.0. The number of carboxylic acids is 1. The molecule has 2 heterocycles. The second-order valence-corrected chi connectivity index (χ2v) is 12.0. The van der Waals surface area contributed by atoms with E-state index in [9.17, 15) is 24.3 Å². The maximum Gasteiger partial charge on any atom is 0.410 e. The Morgan fingerprint density at radius 2 is 1.73 bits per heavy atom. The first-order valence-corrected chi connectivity index (χ1v) is 14.5. The number of carbonyl (C=O) groups is 4. The van der Waals surface area contributed by atoms with E-state index in [-0.39, 0.29) is 36.3 Å². The third-order valence-electron chi connectivity index (χ3n) is 7.62. The molecule has 2 aliphatic rings. The molecule has 0 saturated carbocycles. The summed E-state index contributed by atoms with van der Waals surface area (Å²) in [4.78, 5) is 53.3. The lowest BCUT2D eigenvalue weighted by atomic mass is 9.95. The van der Waals surface area contributed by atoms with Crippen molar-refractivity contribution in [2.45, 2.75) is 64.9 Å². The fourth-order valence-corrected chi connectivity index (χ4v) is 5.13. The number of hydrogen-bond acceptors (Lipinski definition) is 6. The van der Waals surface area contributed by atoms with Crippen LogP contribution >= 0.6 is 0 Å². The van der Waals surface area contributed by atoms with E-state index in [1.807, 2.05) is 51.1 Å². The monoisotopic (exact) mass is 571 g/mol. The standard InChI is InChI=1S/C31H45N3O7/c1-31(2,3)41-30(39)33-18-15-23(16-19-33)10-14-27(35)34-17-5-6-25(21-34)28(36)32-20-24(29(37)38)11-7-22-8-12-26(40-4)13-9-22/h8-10,12-14,23-25H,5-7,11,15-21H2,1-4H3,(H,32,36)(H,37,38)/b14-10+/t24-,25-/m1/s1. The van der Waals surface area contributed by atoms with Gasteiger partial charge in [0.2, 0.25) is 11.8 Å². The van der Waals surface area contributed by atoms with E-state index < -0.39 is 17.5 Å². The highest BCUT2D eigenvalue weighted by Crippen LogP contribution is 2.22. The number of aryl methyl sites for hydroxylation is 1. The van der Waals surface area contributed by atoms with E-state index in [0.717, 1.165) is 24.2 Å². The second-order valence-electron chi connectivity index (χ2n) is 12.0. The SMILES string of the molecule is COc1ccc(CC[C@H](CNC(=O)[C@@H]2CCCN(C(=O)/C=C/C3CCN(C(=O)OC(C)(C)C)CC3)C2)C(=O)O)cc1. The molecule has 3 rings (SSSR count). The molecule has 1 aromatic rings. The number of amides is 3. The van der Waals surface area contributed by atoms with Gasteiger partial charge in [-0.25, -0.2) is 4.79 Å². The average molecular weight is 572 g/mol. The number of aliphatic carboxylic acids is 1. The summed E-state index contributed by atoms with van der Waals surface area (Å²) in [6.45, 7) is 7.66. The molecule has 41 heavy (non-hydrogen) atoms. The summed E-state index contributed by atoms with van der Waals surface area (Å²) in [5, 5.41) is 12.5. The van der Waals surface area contributed by atoms with Crippen molar-refractivity contribution in [3.05, 3.63) is 42.0 Å². The number of ether oxygens (including phenoxy) is 2. The van der Waals surface area contributed by atoms with Gasteiger partial charge in [-0.3, -0.25) is 14.4 Å². The lowest BCUT2D eigenvalue weighted by Crippen LogP contribution is -2.46. The van der Waals surface area contributed by atoms with Crippen LogP contribution in [0.5, 0.6) is 5.75 Å². The number of likely N-dealkylation sites (tertiary alicyclic amines) is 2. The summed E-state index contributed by atoms with van der Waals surface area (Å²) in [5.41, 5.74) is 0.477. The molecular formula is C31H45N3O7. The Hall–Kier alpha value is -3.56. The zero-order valence-electron chi connectivity index (χ0n) is 24.8. The lowest BCUT2D eigenvalue weighted by Gasteiger charge is -2.33. The number of rotatable bonds is 10. The van der Waals surface area contributed by atoms with Crippen molar-refractivity contribution in [3.8, 4) is 5.75 Å². The van der Waals surface area contributed by atoms with Crippen molar-refractivity contribution in [1.82, 2.24) is 15.1 Å². The topological polar surface area (TPSA) is 125 Å². The van der Waals surface area contributed by atoms with Crippen LogP contribution in [0.2, 0.25) is 0 Å². The molecule has 0 radical (unpaired) electrons. The van der Waals surface area contributed by atoms with E-state index >= 15 is 0 Å². The fraction of sp³-hybridized carbons (Fsp3) is 0.613. The molecule has 0 bridgehead atoms. The summed E-state index contributed by atoms with van der Waals surface area (Å²) in [6.07, 6.45) is 7.08. The summed E-state index contributed by atoms with van der Waals surface area (Å²) in [5.74, 6) is -1.40. The van der Waals surface area contributed by atoms with Gasteiger partial charge >= 0.3 is 12.1 Å². The molecule has 226 valence electrons. The third kappa shape index (κ3) is 10.4. The maximum atomic E-state index is 12.9. The fourth-order valence-electron chi connectivity index (χ4n) is 5.13. The van der Waals surface area contributed by atoms with Crippen LogP contribution in [0.25, 0.3) is 0 Å². The van der Waals surface area contributed by atoms with Gasteiger partial charge in [0.25, 0.3) is 0 Å². The number of carbonyl (C=O) groups excluding carboxylic acids is 3. The zero-order valence-corrected chi connectivity index (χ0v) is 24.8. The molecule has 0 unspecified atom stereocenters. The van der Waals surface area contributed by atoms with Crippen molar-refractivity contribution in [3.63, 3.8) is 0 Å². The van der Waals surface area contributed by atoms with Gasteiger partial charge in [0.15, 0.2) is 0 Å². The molecule has 2 fully saturated rings. The Labute approximate surface area is 243 Å². The average Bonchev–Trinajstić information content (AvgIpc) is 2.95. The minimum absolute atomic E-state index is 0.0522. The normalized spacial score (nSPS) is 19.1. The minimum atomic E-state index is -0.943. The first-order valence-electron chi connectivity index (χ1n) is 14.5. The van der Waals surface area contributed by atoms with Crippen molar-refractivity contribution in [2.24, 2.45) is 17.8 Å². The first-order chi connectivity index (χ1) is 19.4. The molecule has 2 aliphatic heterocycles.